The monoisotopic (exact) mass is 301 g/mol. The Balaban J connectivity index is 1.68. The second-order valence-corrected chi connectivity index (χ2v) is 4.68. The molecule has 0 saturated heterocycles. The second-order valence-electron chi connectivity index (χ2n) is 4.29. The van der Waals surface area contributed by atoms with Crippen molar-refractivity contribution in [1.29, 1.82) is 0 Å². The number of hydrogen-bond donors (Lipinski definition) is 2. The van der Waals surface area contributed by atoms with Crippen molar-refractivity contribution in [1.82, 2.24) is 24.7 Å². The fraction of sp³-hybridized carbons (Fsp3) is 0.0769. The molecule has 3 N–H and O–H groups in total. The van der Waals surface area contributed by atoms with E-state index in [2.05, 4.69) is 25.4 Å². The van der Waals surface area contributed by atoms with E-state index < -0.39 is 0 Å². The van der Waals surface area contributed by atoms with Crippen LogP contribution in [0.3, 0.4) is 0 Å². The zero-order chi connectivity index (χ0) is 14.7. The average Bonchev–Trinajstić information content (AvgIpc) is 2.99. The summed E-state index contributed by atoms with van der Waals surface area (Å²) in [7, 11) is 0. The summed E-state index contributed by atoms with van der Waals surface area (Å²) in [5, 5.41) is 7.53. The average molecular weight is 302 g/mol. The lowest BCUT2D eigenvalue weighted by molar-refractivity contribution is 0.877. The first kappa shape index (κ1) is 13.3. The van der Waals surface area contributed by atoms with E-state index in [0.29, 0.717) is 17.5 Å². The highest BCUT2D eigenvalue weighted by atomic mass is 35.5. The van der Waals surface area contributed by atoms with E-state index in [4.69, 9.17) is 17.3 Å². The highest BCUT2D eigenvalue weighted by Gasteiger charge is 2.01. The minimum Gasteiger partial charge on any atom is -0.368 e. The van der Waals surface area contributed by atoms with Gasteiger partial charge in [-0.25, -0.2) is 14.6 Å². The SMILES string of the molecule is Nc1nc(Cl)cc(NCc2ccc(-n3cncn3)cc2)n1. The minimum atomic E-state index is 0.145. The molecule has 0 fully saturated rings. The normalized spacial score (nSPS) is 10.5. The third-order valence-electron chi connectivity index (χ3n) is 2.81. The molecule has 0 aliphatic rings. The third kappa shape index (κ3) is 3.26. The van der Waals surface area contributed by atoms with Crippen LogP contribution >= 0.6 is 11.6 Å². The zero-order valence-electron chi connectivity index (χ0n) is 10.9. The number of nitrogens with one attached hydrogen (secondary N) is 1. The Morgan fingerprint density at radius 2 is 2.00 bits per heavy atom. The number of rotatable bonds is 4. The van der Waals surface area contributed by atoms with Crippen molar-refractivity contribution in [3.8, 4) is 5.69 Å². The molecule has 8 heteroatoms. The highest BCUT2D eigenvalue weighted by molar-refractivity contribution is 6.29. The molecular weight excluding hydrogens is 290 g/mol. The molecule has 0 atom stereocenters. The Morgan fingerprint density at radius 3 is 2.67 bits per heavy atom. The van der Waals surface area contributed by atoms with Gasteiger partial charge in [0.05, 0.1) is 5.69 Å². The van der Waals surface area contributed by atoms with Crippen LogP contribution in [0.4, 0.5) is 11.8 Å². The molecule has 1 aromatic carbocycles. The fourth-order valence-corrected chi connectivity index (χ4v) is 2.02. The molecule has 21 heavy (non-hydrogen) atoms. The van der Waals surface area contributed by atoms with Gasteiger partial charge in [0.2, 0.25) is 5.95 Å². The van der Waals surface area contributed by atoms with Gasteiger partial charge in [0.25, 0.3) is 0 Å². The Kier molecular flexibility index (Phi) is 3.65. The van der Waals surface area contributed by atoms with Crippen LogP contribution in [0.15, 0.2) is 43.0 Å². The molecule has 3 aromatic rings. The van der Waals surface area contributed by atoms with Gasteiger partial charge in [-0.05, 0) is 17.7 Å². The maximum absolute atomic E-state index is 5.82. The Labute approximate surface area is 125 Å². The Bertz CT molecular complexity index is 705. The van der Waals surface area contributed by atoms with Gasteiger partial charge in [-0.15, -0.1) is 0 Å². The number of anilines is 2. The number of nitrogens with zero attached hydrogens (tertiary/aromatic N) is 5. The predicted octanol–water partition coefficient (Wildman–Crippen LogP) is 1.90. The van der Waals surface area contributed by atoms with E-state index in [-0.39, 0.29) is 5.95 Å². The number of benzene rings is 1. The van der Waals surface area contributed by atoms with Crippen molar-refractivity contribution in [2.45, 2.75) is 6.54 Å². The summed E-state index contributed by atoms with van der Waals surface area (Å²) in [4.78, 5) is 11.8. The molecule has 0 unspecified atom stereocenters. The summed E-state index contributed by atoms with van der Waals surface area (Å²) in [5.41, 5.74) is 7.58. The number of nitrogen functional groups attached to an aromatic ring is 1. The molecule has 0 spiro atoms. The topological polar surface area (TPSA) is 94.5 Å². The first-order valence-corrected chi connectivity index (χ1v) is 6.56. The van der Waals surface area contributed by atoms with Gasteiger partial charge in [0, 0.05) is 12.6 Å². The van der Waals surface area contributed by atoms with Crippen LogP contribution in [0.5, 0.6) is 0 Å². The summed E-state index contributed by atoms with van der Waals surface area (Å²) < 4.78 is 1.70. The number of hydrogen-bond acceptors (Lipinski definition) is 6. The first-order valence-electron chi connectivity index (χ1n) is 6.18. The maximum Gasteiger partial charge on any atom is 0.223 e. The first-order chi connectivity index (χ1) is 10.2. The van der Waals surface area contributed by atoms with Gasteiger partial charge in [-0.1, -0.05) is 23.7 Å². The molecule has 2 heterocycles. The van der Waals surface area contributed by atoms with Crippen molar-refractivity contribution in [3.05, 3.63) is 53.7 Å². The Morgan fingerprint density at radius 1 is 1.19 bits per heavy atom. The van der Waals surface area contributed by atoms with Crippen LogP contribution in [0.25, 0.3) is 5.69 Å². The van der Waals surface area contributed by atoms with Crippen LogP contribution in [0.2, 0.25) is 5.15 Å². The van der Waals surface area contributed by atoms with Crippen LogP contribution in [0.1, 0.15) is 5.56 Å². The summed E-state index contributed by atoms with van der Waals surface area (Å²) in [6, 6.07) is 9.55. The van der Waals surface area contributed by atoms with Crippen molar-refractivity contribution < 1.29 is 0 Å². The lowest BCUT2D eigenvalue weighted by Gasteiger charge is -2.07. The Hall–Kier alpha value is -2.67. The van der Waals surface area contributed by atoms with Crippen molar-refractivity contribution >= 4 is 23.4 Å². The van der Waals surface area contributed by atoms with Gasteiger partial charge in [0.1, 0.15) is 23.6 Å². The summed E-state index contributed by atoms with van der Waals surface area (Å²) in [6.45, 7) is 0.602. The van der Waals surface area contributed by atoms with E-state index in [0.717, 1.165) is 11.3 Å². The maximum atomic E-state index is 5.82. The molecule has 0 aliphatic carbocycles. The molecule has 0 radical (unpaired) electrons. The molecular formula is C13H12ClN7. The molecule has 3 rings (SSSR count). The standard InChI is InChI=1S/C13H12ClN7/c14-11-5-12(20-13(15)19-11)17-6-9-1-3-10(4-2-9)21-8-16-7-18-21/h1-5,7-8H,6H2,(H3,15,17,19,20). The van der Waals surface area contributed by atoms with Crippen molar-refractivity contribution in [2.75, 3.05) is 11.1 Å². The molecule has 106 valence electrons. The highest BCUT2D eigenvalue weighted by Crippen LogP contribution is 2.14. The lowest BCUT2D eigenvalue weighted by Crippen LogP contribution is -2.04. The van der Waals surface area contributed by atoms with Crippen LogP contribution in [-0.4, -0.2) is 24.7 Å². The van der Waals surface area contributed by atoms with Gasteiger partial charge in [0.15, 0.2) is 0 Å². The number of nitrogens with two attached hydrogens (primary N) is 1. The van der Waals surface area contributed by atoms with Crippen molar-refractivity contribution in [2.24, 2.45) is 0 Å². The van der Waals surface area contributed by atoms with Gasteiger partial charge in [-0.3, -0.25) is 0 Å². The number of halogens is 1. The van der Waals surface area contributed by atoms with E-state index in [1.165, 1.54) is 6.33 Å². The quantitative estimate of drug-likeness (QED) is 0.715. The predicted molar refractivity (Wildman–Crippen MR) is 80.1 cm³/mol. The van der Waals surface area contributed by atoms with Gasteiger partial charge in [-0.2, -0.15) is 10.1 Å². The number of aromatic nitrogens is 5. The smallest absolute Gasteiger partial charge is 0.223 e. The summed E-state index contributed by atoms with van der Waals surface area (Å²) in [6.07, 6.45) is 3.15. The van der Waals surface area contributed by atoms with E-state index in [1.807, 2.05) is 24.3 Å². The molecule has 0 bridgehead atoms. The van der Waals surface area contributed by atoms with Crippen LogP contribution in [0, 0.1) is 0 Å². The van der Waals surface area contributed by atoms with Crippen molar-refractivity contribution in [3.63, 3.8) is 0 Å². The van der Waals surface area contributed by atoms with Crippen LogP contribution < -0.4 is 11.1 Å². The van der Waals surface area contributed by atoms with Gasteiger partial charge < -0.3 is 11.1 Å². The van der Waals surface area contributed by atoms with Gasteiger partial charge >= 0.3 is 0 Å². The molecule has 0 saturated carbocycles. The van der Waals surface area contributed by atoms with E-state index in [1.54, 1.807) is 17.1 Å². The lowest BCUT2D eigenvalue weighted by atomic mass is 10.2. The second kappa shape index (κ2) is 5.76. The summed E-state index contributed by atoms with van der Waals surface area (Å²) >= 11 is 5.82. The molecule has 2 aromatic heterocycles. The van der Waals surface area contributed by atoms with E-state index >= 15 is 0 Å². The third-order valence-corrected chi connectivity index (χ3v) is 3.00. The molecule has 7 nitrogen and oxygen atoms in total. The largest absolute Gasteiger partial charge is 0.368 e. The minimum absolute atomic E-state index is 0.145. The fourth-order valence-electron chi connectivity index (χ4n) is 1.83. The van der Waals surface area contributed by atoms with Crippen LogP contribution in [-0.2, 0) is 6.54 Å². The summed E-state index contributed by atoms with van der Waals surface area (Å²) in [5.74, 6) is 0.736. The zero-order valence-corrected chi connectivity index (χ0v) is 11.7. The molecule has 0 aliphatic heterocycles. The van der Waals surface area contributed by atoms with E-state index in [9.17, 15) is 0 Å². The molecule has 0 amide bonds.